The van der Waals surface area contributed by atoms with Crippen LogP contribution in [0.25, 0.3) is 0 Å². The molecule has 2 fully saturated rings. The summed E-state index contributed by atoms with van der Waals surface area (Å²) in [5.41, 5.74) is 0.618. The first-order valence-corrected chi connectivity index (χ1v) is 7.65. The lowest BCUT2D eigenvalue weighted by Crippen LogP contribution is -2.44. The second kappa shape index (κ2) is 5.72. The Balaban J connectivity index is 1.90. The molecule has 114 valence electrons. The van der Waals surface area contributed by atoms with Crippen molar-refractivity contribution in [3.8, 4) is 0 Å². The Hall–Kier alpha value is -1.49. The van der Waals surface area contributed by atoms with Crippen molar-refractivity contribution in [3.05, 3.63) is 35.4 Å². The lowest BCUT2D eigenvalue weighted by Gasteiger charge is -2.38. The Bertz CT molecular complexity index is 545. The lowest BCUT2D eigenvalue weighted by atomic mass is 9.90. The van der Waals surface area contributed by atoms with Crippen LogP contribution in [0.3, 0.4) is 0 Å². The second-order valence-corrected chi connectivity index (χ2v) is 5.91. The summed E-state index contributed by atoms with van der Waals surface area (Å²) in [7, 11) is 0. The molecule has 1 saturated heterocycles. The molecule has 1 amide bonds. The standard InChI is InChI=1S/C16H20F2N2O/c1-2-4-14-16(21)20(11-5-3-6-11)15(19-14)10-7-8-12(17)13(18)9-10/h7-9,11,14-15,19H,2-6H2,1H3. The second-order valence-electron chi connectivity index (χ2n) is 5.91. The van der Waals surface area contributed by atoms with E-state index in [1.165, 1.54) is 6.07 Å². The summed E-state index contributed by atoms with van der Waals surface area (Å²) in [6, 6.07) is 3.89. The van der Waals surface area contributed by atoms with E-state index in [1.54, 1.807) is 6.07 Å². The molecule has 1 saturated carbocycles. The van der Waals surface area contributed by atoms with Crippen LogP contribution in [-0.4, -0.2) is 22.9 Å². The SMILES string of the molecule is CCCC1NC(c2ccc(F)c(F)c2)N(C2CCC2)C1=O. The van der Waals surface area contributed by atoms with Crippen molar-refractivity contribution in [2.45, 2.75) is 57.3 Å². The van der Waals surface area contributed by atoms with Crippen molar-refractivity contribution >= 4 is 5.91 Å². The van der Waals surface area contributed by atoms with Gasteiger partial charge in [-0.2, -0.15) is 0 Å². The predicted octanol–water partition coefficient (Wildman–Crippen LogP) is 3.12. The average Bonchev–Trinajstić information content (AvgIpc) is 2.70. The van der Waals surface area contributed by atoms with Gasteiger partial charge in [-0.15, -0.1) is 0 Å². The number of hydrogen-bond donors (Lipinski definition) is 1. The fourth-order valence-corrected chi connectivity index (χ4v) is 3.14. The van der Waals surface area contributed by atoms with Gasteiger partial charge < -0.3 is 4.90 Å². The Labute approximate surface area is 123 Å². The lowest BCUT2D eigenvalue weighted by molar-refractivity contribution is -0.134. The normalized spacial score (nSPS) is 26.2. The van der Waals surface area contributed by atoms with Crippen molar-refractivity contribution in [2.75, 3.05) is 0 Å². The number of carbonyl (C=O) groups is 1. The third kappa shape index (κ3) is 2.55. The fraction of sp³-hybridized carbons (Fsp3) is 0.562. The van der Waals surface area contributed by atoms with Gasteiger partial charge in [-0.05, 0) is 43.4 Å². The van der Waals surface area contributed by atoms with E-state index in [2.05, 4.69) is 5.32 Å². The number of benzene rings is 1. The first-order valence-electron chi connectivity index (χ1n) is 7.65. The van der Waals surface area contributed by atoms with Gasteiger partial charge in [0.25, 0.3) is 0 Å². The van der Waals surface area contributed by atoms with Gasteiger partial charge in [-0.1, -0.05) is 19.4 Å². The van der Waals surface area contributed by atoms with Crippen LogP contribution in [0.5, 0.6) is 0 Å². The molecule has 3 nitrogen and oxygen atoms in total. The first-order chi connectivity index (χ1) is 10.1. The summed E-state index contributed by atoms with van der Waals surface area (Å²) in [5, 5.41) is 3.29. The molecule has 1 heterocycles. The molecule has 21 heavy (non-hydrogen) atoms. The molecule has 1 aliphatic carbocycles. The largest absolute Gasteiger partial charge is 0.319 e. The highest BCUT2D eigenvalue weighted by Crippen LogP contribution is 2.36. The molecular weight excluding hydrogens is 274 g/mol. The van der Waals surface area contributed by atoms with Gasteiger partial charge in [-0.3, -0.25) is 10.1 Å². The maximum absolute atomic E-state index is 13.5. The smallest absolute Gasteiger partial charge is 0.241 e. The highest BCUT2D eigenvalue weighted by Gasteiger charge is 2.44. The highest BCUT2D eigenvalue weighted by atomic mass is 19.2. The molecule has 1 N–H and O–H groups in total. The number of nitrogens with zero attached hydrogens (tertiary/aromatic N) is 1. The van der Waals surface area contributed by atoms with Crippen molar-refractivity contribution in [2.24, 2.45) is 0 Å². The van der Waals surface area contributed by atoms with E-state index in [1.807, 2.05) is 11.8 Å². The minimum atomic E-state index is -0.866. The van der Waals surface area contributed by atoms with Crippen LogP contribution in [0, 0.1) is 11.6 Å². The molecule has 0 spiro atoms. The Morgan fingerprint density at radius 1 is 1.29 bits per heavy atom. The van der Waals surface area contributed by atoms with E-state index in [9.17, 15) is 13.6 Å². The molecule has 1 aromatic carbocycles. The number of nitrogens with one attached hydrogen (secondary N) is 1. The van der Waals surface area contributed by atoms with Crippen LogP contribution < -0.4 is 5.32 Å². The molecule has 0 radical (unpaired) electrons. The summed E-state index contributed by atoms with van der Waals surface area (Å²) in [5.74, 6) is -1.63. The average molecular weight is 294 g/mol. The van der Waals surface area contributed by atoms with Gasteiger partial charge in [0, 0.05) is 6.04 Å². The molecule has 0 bridgehead atoms. The maximum atomic E-state index is 13.5. The molecule has 2 atom stereocenters. The molecule has 2 aliphatic rings. The van der Waals surface area contributed by atoms with Crippen LogP contribution in [0.4, 0.5) is 8.78 Å². The quantitative estimate of drug-likeness (QED) is 0.925. The summed E-state index contributed by atoms with van der Waals surface area (Å²) < 4.78 is 26.6. The van der Waals surface area contributed by atoms with Gasteiger partial charge in [0.05, 0.1) is 6.04 Å². The van der Waals surface area contributed by atoms with Crippen LogP contribution in [0.15, 0.2) is 18.2 Å². The Kier molecular flexibility index (Phi) is 3.93. The van der Waals surface area contributed by atoms with Crippen molar-refractivity contribution in [3.63, 3.8) is 0 Å². The van der Waals surface area contributed by atoms with E-state index < -0.39 is 11.6 Å². The summed E-state index contributed by atoms with van der Waals surface area (Å²) in [6.07, 6.45) is 4.44. The van der Waals surface area contributed by atoms with Crippen LogP contribution in [0.2, 0.25) is 0 Å². The molecule has 5 heteroatoms. The topological polar surface area (TPSA) is 32.3 Å². The molecule has 2 unspecified atom stereocenters. The van der Waals surface area contributed by atoms with E-state index in [4.69, 9.17) is 0 Å². The third-order valence-electron chi connectivity index (χ3n) is 4.49. The van der Waals surface area contributed by atoms with E-state index >= 15 is 0 Å². The molecule has 3 rings (SSSR count). The third-order valence-corrected chi connectivity index (χ3v) is 4.49. The van der Waals surface area contributed by atoms with Crippen molar-refractivity contribution in [1.29, 1.82) is 0 Å². The maximum Gasteiger partial charge on any atom is 0.241 e. The summed E-state index contributed by atoms with van der Waals surface area (Å²) >= 11 is 0. The summed E-state index contributed by atoms with van der Waals surface area (Å²) in [4.78, 5) is 14.4. The van der Waals surface area contributed by atoms with Crippen LogP contribution in [0.1, 0.15) is 50.8 Å². The Morgan fingerprint density at radius 2 is 2.05 bits per heavy atom. The van der Waals surface area contributed by atoms with E-state index in [0.717, 1.165) is 38.2 Å². The van der Waals surface area contributed by atoms with Crippen molar-refractivity contribution < 1.29 is 13.6 Å². The molecular formula is C16H20F2N2O. The number of carbonyl (C=O) groups excluding carboxylic acids is 1. The fourth-order valence-electron chi connectivity index (χ4n) is 3.14. The van der Waals surface area contributed by atoms with Gasteiger partial charge in [0.1, 0.15) is 6.17 Å². The van der Waals surface area contributed by atoms with Gasteiger partial charge in [0.2, 0.25) is 5.91 Å². The zero-order chi connectivity index (χ0) is 15.0. The van der Waals surface area contributed by atoms with Gasteiger partial charge in [-0.25, -0.2) is 8.78 Å². The van der Waals surface area contributed by atoms with Gasteiger partial charge in [0.15, 0.2) is 11.6 Å². The minimum Gasteiger partial charge on any atom is -0.319 e. The number of rotatable bonds is 4. The monoisotopic (exact) mass is 294 g/mol. The first kappa shape index (κ1) is 14.4. The Morgan fingerprint density at radius 3 is 2.62 bits per heavy atom. The summed E-state index contributed by atoms with van der Waals surface area (Å²) in [6.45, 7) is 2.04. The molecule has 0 aromatic heterocycles. The van der Waals surface area contributed by atoms with Crippen molar-refractivity contribution in [1.82, 2.24) is 10.2 Å². The highest BCUT2D eigenvalue weighted by molar-refractivity contribution is 5.85. The van der Waals surface area contributed by atoms with Crippen LogP contribution in [-0.2, 0) is 4.79 Å². The van der Waals surface area contributed by atoms with Crippen LogP contribution >= 0.6 is 0 Å². The zero-order valence-electron chi connectivity index (χ0n) is 12.1. The zero-order valence-corrected chi connectivity index (χ0v) is 12.1. The van der Waals surface area contributed by atoms with E-state index in [0.29, 0.717) is 5.56 Å². The molecule has 1 aromatic rings. The molecule has 1 aliphatic heterocycles. The number of hydrogen-bond acceptors (Lipinski definition) is 2. The number of amides is 1. The van der Waals surface area contributed by atoms with E-state index in [-0.39, 0.29) is 24.2 Å². The van der Waals surface area contributed by atoms with Gasteiger partial charge >= 0.3 is 0 Å². The predicted molar refractivity (Wildman–Crippen MR) is 75.4 cm³/mol. The minimum absolute atomic E-state index is 0.0938. The number of halogens is 2.